The third-order valence-corrected chi connectivity index (χ3v) is 4.71. The highest BCUT2D eigenvalue weighted by Gasteiger charge is 2.18. The number of hydrogen-bond donors (Lipinski definition) is 2. The molecule has 6 heteroatoms. The van der Waals surface area contributed by atoms with E-state index < -0.39 is 0 Å². The molecule has 0 saturated heterocycles. The number of carbonyl (C=O) groups excluding carboxylic acids is 1. The molecule has 2 N–H and O–H groups in total. The van der Waals surface area contributed by atoms with Gasteiger partial charge >= 0.3 is 0 Å². The molecule has 0 aliphatic heterocycles. The largest absolute Gasteiger partial charge is 0.492 e. The highest BCUT2D eigenvalue weighted by atomic mass is 16.5. The molecule has 1 aliphatic carbocycles. The van der Waals surface area contributed by atoms with Crippen molar-refractivity contribution in [3.8, 4) is 5.75 Å². The first-order valence-electron chi connectivity index (χ1n) is 9.81. The molecule has 6 nitrogen and oxygen atoms in total. The molecule has 144 valence electrons. The number of carbonyl (C=O) groups is 1. The van der Waals surface area contributed by atoms with Gasteiger partial charge in [-0.15, -0.1) is 0 Å². The van der Waals surface area contributed by atoms with Crippen LogP contribution in [-0.2, 0) is 0 Å². The van der Waals surface area contributed by atoms with Gasteiger partial charge in [0.05, 0.1) is 12.3 Å². The Kier molecular flexibility index (Phi) is 6.63. The fourth-order valence-electron chi connectivity index (χ4n) is 3.40. The lowest BCUT2D eigenvalue weighted by Crippen LogP contribution is -2.35. The van der Waals surface area contributed by atoms with E-state index in [1.54, 1.807) is 6.07 Å². The van der Waals surface area contributed by atoms with Gasteiger partial charge in [0.1, 0.15) is 11.4 Å². The van der Waals surface area contributed by atoms with Crippen molar-refractivity contribution in [3.05, 3.63) is 41.7 Å². The first-order valence-corrected chi connectivity index (χ1v) is 9.81. The third kappa shape index (κ3) is 5.42. The van der Waals surface area contributed by atoms with Gasteiger partial charge in [0.25, 0.3) is 5.91 Å². The van der Waals surface area contributed by atoms with Gasteiger partial charge in [-0.1, -0.05) is 37.8 Å². The summed E-state index contributed by atoms with van der Waals surface area (Å²) >= 11 is 0. The van der Waals surface area contributed by atoms with Crippen molar-refractivity contribution in [2.45, 2.75) is 58.4 Å². The lowest BCUT2D eigenvalue weighted by atomic mass is 10.1. The summed E-state index contributed by atoms with van der Waals surface area (Å²) in [6, 6.07) is 9.60. The topological polar surface area (TPSA) is 76.1 Å². The Hall–Kier alpha value is -2.63. The van der Waals surface area contributed by atoms with Gasteiger partial charge < -0.3 is 15.4 Å². The van der Waals surface area contributed by atoms with Gasteiger partial charge in [-0.3, -0.25) is 4.79 Å². The molecule has 0 atom stereocenters. The number of nitrogens with one attached hydrogen (secondary N) is 2. The van der Waals surface area contributed by atoms with E-state index in [0.717, 1.165) is 30.0 Å². The summed E-state index contributed by atoms with van der Waals surface area (Å²) in [6.45, 7) is 4.38. The standard InChI is InChI=1S/C21H28N4O2/c1-3-27-19-13-9-8-12-17(19)24-21-22-15(2)14-18(25-21)20(26)23-16-10-6-4-5-7-11-16/h8-9,12-14,16H,3-7,10-11H2,1-2H3,(H,23,26)(H,22,24,25). The highest BCUT2D eigenvalue weighted by molar-refractivity contribution is 5.93. The molecule has 3 rings (SSSR count). The minimum absolute atomic E-state index is 0.131. The smallest absolute Gasteiger partial charge is 0.270 e. The van der Waals surface area contributed by atoms with E-state index in [2.05, 4.69) is 20.6 Å². The summed E-state index contributed by atoms with van der Waals surface area (Å²) < 4.78 is 5.63. The van der Waals surface area contributed by atoms with Crippen LogP contribution in [0.25, 0.3) is 0 Å². The van der Waals surface area contributed by atoms with Crippen molar-refractivity contribution in [1.82, 2.24) is 15.3 Å². The lowest BCUT2D eigenvalue weighted by molar-refractivity contribution is 0.0928. The Morgan fingerprint density at radius 2 is 1.89 bits per heavy atom. The number of ether oxygens (including phenoxy) is 1. The summed E-state index contributed by atoms with van der Waals surface area (Å²) in [7, 11) is 0. The number of amides is 1. The third-order valence-electron chi connectivity index (χ3n) is 4.71. The molecule has 0 bridgehead atoms. The average molecular weight is 368 g/mol. The molecule has 1 aromatic carbocycles. The van der Waals surface area contributed by atoms with Crippen LogP contribution in [0.4, 0.5) is 11.6 Å². The van der Waals surface area contributed by atoms with Gasteiger partial charge in [0, 0.05) is 11.7 Å². The van der Waals surface area contributed by atoms with Crippen LogP contribution in [0.5, 0.6) is 5.75 Å². The molecule has 0 spiro atoms. The molecule has 1 amide bonds. The van der Waals surface area contributed by atoms with Crippen LogP contribution < -0.4 is 15.4 Å². The predicted octanol–water partition coefficient (Wildman–Crippen LogP) is 4.38. The van der Waals surface area contributed by atoms with Gasteiger partial charge in [0.15, 0.2) is 0 Å². The Labute approximate surface area is 160 Å². The first kappa shape index (κ1) is 19.1. The maximum absolute atomic E-state index is 12.7. The molecule has 27 heavy (non-hydrogen) atoms. The van der Waals surface area contributed by atoms with Gasteiger partial charge in [-0.25, -0.2) is 9.97 Å². The second-order valence-corrected chi connectivity index (χ2v) is 6.93. The number of para-hydroxylation sites is 2. The van der Waals surface area contributed by atoms with Crippen molar-refractivity contribution >= 4 is 17.5 Å². The maximum Gasteiger partial charge on any atom is 0.270 e. The molecule has 2 aromatic rings. The molecule has 1 heterocycles. The number of aromatic nitrogens is 2. The average Bonchev–Trinajstić information content (AvgIpc) is 2.92. The molecule has 1 aliphatic rings. The second kappa shape index (κ2) is 9.35. The minimum Gasteiger partial charge on any atom is -0.492 e. The monoisotopic (exact) mass is 368 g/mol. The van der Waals surface area contributed by atoms with Crippen molar-refractivity contribution in [2.75, 3.05) is 11.9 Å². The van der Waals surface area contributed by atoms with E-state index in [1.165, 1.54) is 25.7 Å². The Morgan fingerprint density at radius 1 is 1.15 bits per heavy atom. The Bertz CT molecular complexity index is 771. The number of anilines is 2. The molecule has 0 unspecified atom stereocenters. The molecule has 0 radical (unpaired) electrons. The normalized spacial score (nSPS) is 15.0. The highest BCUT2D eigenvalue weighted by Crippen LogP contribution is 2.26. The first-order chi connectivity index (χ1) is 13.2. The zero-order valence-corrected chi connectivity index (χ0v) is 16.1. The van der Waals surface area contributed by atoms with Crippen LogP contribution in [0.1, 0.15) is 61.6 Å². The Balaban J connectivity index is 1.75. The fourth-order valence-corrected chi connectivity index (χ4v) is 3.40. The molecular formula is C21H28N4O2. The van der Waals surface area contributed by atoms with Crippen LogP contribution in [0.2, 0.25) is 0 Å². The van der Waals surface area contributed by atoms with Crippen molar-refractivity contribution in [3.63, 3.8) is 0 Å². The summed E-state index contributed by atoms with van der Waals surface area (Å²) in [5.74, 6) is 0.997. The number of aryl methyl sites for hydroxylation is 1. The maximum atomic E-state index is 12.7. The van der Waals surface area contributed by atoms with E-state index in [4.69, 9.17) is 4.74 Å². The fraction of sp³-hybridized carbons (Fsp3) is 0.476. The quantitative estimate of drug-likeness (QED) is 0.740. The van der Waals surface area contributed by atoms with Crippen molar-refractivity contribution in [1.29, 1.82) is 0 Å². The van der Waals surface area contributed by atoms with Crippen LogP contribution in [0, 0.1) is 6.92 Å². The van der Waals surface area contributed by atoms with Crippen molar-refractivity contribution < 1.29 is 9.53 Å². The molecule has 1 saturated carbocycles. The lowest BCUT2D eigenvalue weighted by Gasteiger charge is -2.16. The minimum atomic E-state index is -0.131. The van der Waals surface area contributed by atoms with E-state index in [1.807, 2.05) is 38.1 Å². The summed E-state index contributed by atoms with van der Waals surface area (Å²) in [4.78, 5) is 21.5. The number of rotatable bonds is 6. The van der Waals surface area contributed by atoms with E-state index in [-0.39, 0.29) is 11.9 Å². The Morgan fingerprint density at radius 3 is 2.63 bits per heavy atom. The zero-order chi connectivity index (χ0) is 19.1. The van der Waals surface area contributed by atoms with Gasteiger partial charge in [0.2, 0.25) is 5.95 Å². The van der Waals surface area contributed by atoms with E-state index >= 15 is 0 Å². The molecule has 1 fully saturated rings. The van der Waals surface area contributed by atoms with E-state index in [9.17, 15) is 4.79 Å². The van der Waals surface area contributed by atoms with Crippen LogP contribution >= 0.6 is 0 Å². The zero-order valence-electron chi connectivity index (χ0n) is 16.1. The molecule has 1 aromatic heterocycles. The van der Waals surface area contributed by atoms with Gasteiger partial charge in [-0.05, 0) is 44.9 Å². The van der Waals surface area contributed by atoms with Crippen molar-refractivity contribution in [2.24, 2.45) is 0 Å². The van der Waals surface area contributed by atoms with E-state index in [0.29, 0.717) is 18.2 Å². The number of benzene rings is 1. The summed E-state index contributed by atoms with van der Waals surface area (Å²) in [6.07, 6.45) is 6.95. The summed E-state index contributed by atoms with van der Waals surface area (Å²) in [5, 5.41) is 6.32. The summed E-state index contributed by atoms with van der Waals surface area (Å²) in [5.41, 5.74) is 1.91. The number of hydrogen-bond acceptors (Lipinski definition) is 5. The van der Waals surface area contributed by atoms with Crippen LogP contribution in [0.15, 0.2) is 30.3 Å². The van der Waals surface area contributed by atoms with Gasteiger partial charge in [-0.2, -0.15) is 0 Å². The number of nitrogens with zero attached hydrogens (tertiary/aromatic N) is 2. The second-order valence-electron chi connectivity index (χ2n) is 6.93. The predicted molar refractivity (Wildman–Crippen MR) is 107 cm³/mol. The van der Waals surface area contributed by atoms with Crippen LogP contribution in [0.3, 0.4) is 0 Å². The van der Waals surface area contributed by atoms with Crippen LogP contribution in [-0.4, -0.2) is 28.5 Å². The SMILES string of the molecule is CCOc1ccccc1Nc1nc(C)cc(C(=O)NC2CCCCCC2)n1. The molecular weight excluding hydrogens is 340 g/mol.